The van der Waals surface area contributed by atoms with Crippen molar-refractivity contribution in [3.05, 3.63) is 28.0 Å². The molecule has 4 nitrogen and oxygen atoms in total. The van der Waals surface area contributed by atoms with Gasteiger partial charge in [-0.1, -0.05) is 0 Å². The summed E-state index contributed by atoms with van der Waals surface area (Å²) in [4.78, 5) is 21.8. The Balaban J connectivity index is 2.93. The average Bonchev–Trinajstić information content (AvgIpc) is 2.61. The number of ether oxygens (including phenoxy) is 1. The van der Waals surface area contributed by atoms with Gasteiger partial charge in [-0.15, -0.1) is 11.3 Å². The fourth-order valence-corrected chi connectivity index (χ4v) is 1.67. The van der Waals surface area contributed by atoms with Gasteiger partial charge < -0.3 is 9.84 Å². The second-order valence-electron chi connectivity index (χ2n) is 2.37. The normalized spacial score (nSPS) is 10.4. The zero-order valence-electron chi connectivity index (χ0n) is 7.39. The molecule has 5 heteroatoms. The van der Waals surface area contributed by atoms with Gasteiger partial charge >= 0.3 is 11.9 Å². The lowest BCUT2D eigenvalue weighted by molar-refractivity contribution is -0.131. The van der Waals surface area contributed by atoms with Crippen molar-refractivity contribution in [3.8, 4) is 0 Å². The third-order valence-corrected chi connectivity index (χ3v) is 2.38. The van der Waals surface area contributed by atoms with Crippen LogP contribution in [0, 0.1) is 0 Å². The smallest absolute Gasteiger partial charge is 0.348 e. The van der Waals surface area contributed by atoms with Crippen LogP contribution in [0.1, 0.15) is 15.2 Å². The number of hydrogen-bond acceptors (Lipinski definition) is 4. The van der Waals surface area contributed by atoms with Crippen LogP contribution >= 0.6 is 11.3 Å². The zero-order valence-corrected chi connectivity index (χ0v) is 8.21. The number of carbonyl (C=O) groups excluding carboxylic acids is 1. The minimum atomic E-state index is -1.05. The molecule has 0 saturated heterocycles. The first-order chi connectivity index (χ1) is 6.65. The van der Waals surface area contributed by atoms with Crippen LogP contribution in [0.3, 0.4) is 0 Å². The Labute approximate surface area is 84.4 Å². The van der Waals surface area contributed by atoms with E-state index in [-0.39, 0.29) is 0 Å². The Kier molecular flexibility index (Phi) is 3.41. The lowest BCUT2D eigenvalue weighted by Gasteiger charge is -1.95. The summed E-state index contributed by atoms with van der Waals surface area (Å²) in [5, 5.41) is 10.1. The van der Waals surface area contributed by atoms with E-state index in [1.165, 1.54) is 24.5 Å². The number of hydrogen-bond donors (Lipinski definition) is 1. The van der Waals surface area contributed by atoms with Gasteiger partial charge in [0.15, 0.2) is 0 Å². The zero-order chi connectivity index (χ0) is 10.6. The van der Waals surface area contributed by atoms with E-state index < -0.39 is 11.9 Å². The third-order valence-electron chi connectivity index (χ3n) is 1.47. The highest BCUT2D eigenvalue weighted by atomic mass is 32.1. The van der Waals surface area contributed by atoms with Crippen LogP contribution < -0.4 is 0 Å². The number of thiophene rings is 1. The molecule has 0 aliphatic carbocycles. The van der Waals surface area contributed by atoms with Crippen LogP contribution in [0.5, 0.6) is 0 Å². The van der Waals surface area contributed by atoms with Gasteiger partial charge in [-0.2, -0.15) is 0 Å². The van der Waals surface area contributed by atoms with Crippen molar-refractivity contribution < 1.29 is 19.4 Å². The summed E-state index contributed by atoms with van der Waals surface area (Å²) in [6.07, 6.45) is 2.35. The predicted octanol–water partition coefficient (Wildman–Crippen LogP) is 1.63. The predicted molar refractivity (Wildman–Crippen MR) is 52.3 cm³/mol. The van der Waals surface area contributed by atoms with E-state index in [2.05, 4.69) is 4.74 Å². The molecule has 1 N–H and O–H groups in total. The van der Waals surface area contributed by atoms with Crippen molar-refractivity contribution in [1.82, 2.24) is 0 Å². The number of methoxy groups -OCH3 is 1. The monoisotopic (exact) mass is 212 g/mol. The van der Waals surface area contributed by atoms with Crippen LogP contribution in [0.4, 0.5) is 0 Å². The minimum absolute atomic E-state index is 0.407. The van der Waals surface area contributed by atoms with Crippen molar-refractivity contribution in [2.75, 3.05) is 7.11 Å². The maximum absolute atomic E-state index is 11.1. The standard InChI is InChI=1S/C9H8O4S/c1-13-9(12)8-6(4-5-14-8)2-3-7(10)11/h2-5H,1H3,(H,10,11)/b3-2+. The third kappa shape index (κ3) is 2.43. The highest BCUT2D eigenvalue weighted by Crippen LogP contribution is 2.19. The molecule has 1 rings (SSSR count). The Hall–Kier alpha value is -1.62. The van der Waals surface area contributed by atoms with Crippen LogP contribution in [0.15, 0.2) is 17.5 Å². The van der Waals surface area contributed by atoms with Gasteiger partial charge in [-0.3, -0.25) is 0 Å². The highest BCUT2D eigenvalue weighted by Gasteiger charge is 2.11. The van der Waals surface area contributed by atoms with E-state index in [0.717, 1.165) is 6.08 Å². The molecule has 0 bridgehead atoms. The molecule has 0 spiro atoms. The number of carboxylic acid groups (broad SMARTS) is 1. The number of rotatable bonds is 3. The summed E-state index contributed by atoms with van der Waals surface area (Å²) in [5.74, 6) is -1.50. The number of carboxylic acids is 1. The van der Waals surface area contributed by atoms with Crippen LogP contribution in [0.25, 0.3) is 6.08 Å². The maximum Gasteiger partial charge on any atom is 0.348 e. The first kappa shape index (κ1) is 10.5. The van der Waals surface area contributed by atoms with E-state index >= 15 is 0 Å². The summed E-state index contributed by atoms with van der Waals surface area (Å²) < 4.78 is 4.53. The van der Waals surface area contributed by atoms with Crippen LogP contribution in [-0.2, 0) is 9.53 Å². The molecule has 0 aromatic carbocycles. The van der Waals surface area contributed by atoms with Crippen LogP contribution in [-0.4, -0.2) is 24.2 Å². The van der Waals surface area contributed by atoms with E-state index in [1.54, 1.807) is 11.4 Å². The molecule has 0 aliphatic rings. The van der Waals surface area contributed by atoms with Gasteiger partial charge in [0.2, 0.25) is 0 Å². The number of aliphatic carboxylic acids is 1. The van der Waals surface area contributed by atoms with Gasteiger partial charge in [0.25, 0.3) is 0 Å². The van der Waals surface area contributed by atoms with Crippen molar-refractivity contribution in [2.45, 2.75) is 0 Å². The number of carbonyl (C=O) groups is 2. The summed E-state index contributed by atoms with van der Waals surface area (Å²) in [6.45, 7) is 0. The molecule has 74 valence electrons. The molecule has 0 radical (unpaired) electrons. The summed E-state index contributed by atoms with van der Waals surface area (Å²) in [6, 6.07) is 1.66. The minimum Gasteiger partial charge on any atom is -0.478 e. The summed E-state index contributed by atoms with van der Waals surface area (Å²) in [7, 11) is 1.28. The fraction of sp³-hybridized carbons (Fsp3) is 0.111. The molecule has 1 heterocycles. The molecule has 0 aliphatic heterocycles. The Morgan fingerprint density at radius 1 is 1.57 bits per heavy atom. The molecule has 0 amide bonds. The van der Waals surface area contributed by atoms with Gasteiger partial charge in [0.1, 0.15) is 4.88 Å². The fourth-order valence-electron chi connectivity index (χ4n) is 0.870. The maximum atomic E-state index is 11.1. The molecule has 14 heavy (non-hydrogen) atoms. The van der Waals surface area contributed by atoms with Gasteiger partial charge in [-0.25, -0.2) is 9.59 Å². The largest absolute Gasteiger partial charge is 0.478 e. The summed E-state index contributed by atoms with van der Waals surface area (Å²) >= 11 is 1.22. The second kappa shape index (κ2) is 4.57. The highest BCUT2D eigenvalue weighted by molar-refractivity contribution is 7.12. The van der Waals surface area contributed by atoms with Crippen molar-refractivity contribution in [1.29, 1.82) is 0 Å². The first-order valence-electron chi connectivity index (χ1n) is 3.72. The molecule has 0 saturated carbocycles. The van der Waals surface area contributed by atoms with Crippen molar-refractivity contribution in [2.24, 2.45) is 0 Å². The summed E-state index contributed by atoms with van der Waals surface area (Å²) in [5.41, 5.74) is 0.559. The topological polar surface area (TPSA) is 63.6 Å². The lowest BCUT2D eigenvalue weighted by atomic mass is 10.2. The van der Waals surface area contributed by atoms with Crippen molar-refractivity contribution in [3.63, 3.8) is 0 Å². The Bertz CT molecular complexity index is 378. The van der Waals surface area contributed by atoms with E-state index in [4.69, 9.17) is 5.11 Å². The Morgan fingerprint density at radius 3 is 2.86 bits per heavy atom. The average molecular weight is 212 g/mol. The molecule has 0 fully saturated rings. The van der Waals surface area contributed by atoms with E-state index in [0.29, 0.717) is 10.4 Å². The Morgan fingerprint density at radius 2 is 2.29 bits per heavy atom. The van der Waals surface area contributed by atoms with E-state index in [1.807, 2.05) is 0 Å². The van der Waals surface area contributed by atoms with Gasteiger partial charge in [0.05, 0.1) is 7.11 Å². The molecule has 1 aromatic rings. The molecular weight excluding hydrogens is 204 g/mol. The number of esters is 1. The second-order valence-corrected chi connectivity index (χ2v) is 3.28. The lowest BCUT2D eigenvalue weighted by Crippen LogP contribution is -1.99. The quantitative estimate of drug-likeness (QED) is 0.611. The molecule has 0 unspecified atom stereocenters. The first-order valence-corrected chi connectivity index (χ1v) is 4.60. The SMILES string of the molecule is COC(=O)c1sccc1/C=C/C(=O)O. The molecule has 1 aromatic heterocycles. The van der Waals surface area contributed by atoms with Crippen LogP contribution in [0.2, 0.25) is 0 Å². The van der Waals surface area contributed by atoms with Gasteiger partial charge in [0, 0.05) is 11.6 Å². The van der Waals surface area contributed by atoms with Gasteiger partial charge in [-0.05, 0) is 17.5 Å². The molecular formula is C9H8O4S. The molecule has 0 atom stereocenters. The van der Waals surface area contributed by atoms with Crippen molar-refractivity contribution >= 4 is 29.4 Å². The van der Waals surface area contributed by atoms with E-state index in [9.17, 15) is 9.59 Å².